The van der Waals surface area contributed by atoms with Crippen LogP contribution in [-0.4, -0.2) is 47.7 Å². The Morgan fingerprint density at radius 3 is 3.04 bits per heavy atom. The van der Waals surface area contributed by atoms with Crippen LogP contribution in [0.1, 0.15) is 42.4 Å². The quantitative estimate of drug-likeness (QED) is 0.596. The summed E-state index contributed by atoms with van der Waals surface area (Å²) in [6.45, 7) is 7.13. The van der Waals surface area contributed by atoms with E-state index in [1.807, 2.05) is 11.3 Å². The maximum atomic E-state index is 5.00. The molecule has 2 aromatic rings. The van der Waals surface area contributed by atoms with Crippen molar-refractivity contribution in [1.29, 1.82) is 0 Å². The number of hydrogen-bond acceptors (Lipinski definition) is 6. The Morgan fingerprint density at radius 2 is 2.35 bits per heavy atom. The maximum Gasteiger partial charge on any atom is 0.223 e. The molecular formula is C18H28N6OS. The summed E-state index contributed by atoms with van der Waals surface area (Å²) >= 11 is 1.85. The Morgan fingerprint density at radius 1 is 1.46 bits per heavy atom. The molecule has 0 aromatic carbocycles. The van der Waals surface area contributed by atoms with E-state index in [0.717, 1.165) is 25.6 Å². The minimum atomic E-state index is 0.408. The Balaban J connectivity index is 1.63. The van der Waals surface area contributed by atoms with Crippen LogP contribution in [0.15, 0.2) is 27.0 Å². The molecule has 2 atom stereocenters. The lowest BCUT2D eigenvalue weighted by atomic mass is 9.88. The van der Waals surface area contributed by atoms with E-state index in [1.54, 1.807) is 6.92 Å². The lowest BCUT2D eigenvalue weighted by Gasteiger charge is -2.39. The van der Waals surface area contributed by atoms with Crippen LogP contribution in [0.25, 0.3) is 0 Å². The molecule has 142 valence electrons. The van der Waals surface area contributed by atoms with E-state index >= 15 is 0 Å². The van der Waals surface area contributed by atoms with Gasteiger partial charge in [0.1, 0.15) is 6.54 Å². The van der Waals surface area contributed by atoms with Crippen molar-refractivity contribution < 1.29 is 4.52 Å². The van der Waals surface area contributed by atoms with Gasteiger partial charge in [-0.15, -0.1) is 11.3 Å². The SMILES string of the molecule is CCNC(=NCc1noc(C)n1)NCC1CCCN(C)C1c1cccs1. The average Bonchev–Trinajstić information content (AvgIpc) is 3.29. The highest BCUT2D eigenvalue weighted by Gasteiger charge is 2.31. The van der Waals surface area contributed by atoms with Crippen molar-refractivity contribution in [3.63, 3.8) is 0 Å². The molecule has 1 fully saturated rings. The molecule has 0 radical (unpaired) electrons. The highest BCUT2D eigenvalue weighted by Crippen LogP contribution is 2.36. The lowest BCUT2D eigenvalue weighted by molar-refractivity contribution is 0.125. The minimum absolute atomic E-state index is 0.408. The molecule has 7 nitrogen and oxygen atoms in total. The number of aromatic nitrogens is 2. The van der Waals surface area contributed by atoms with E-state index in [-0.39, 0.29) is 0 Å². The number of hydrogen-bond donors (Lipinski definition) is 2. The van der Waals surface area contributed by atoms with E-state index in [2.05, 4.69) is 62.2 Å². The molecule has 3 rings (SSSR count). The van der Waals surface area contributed by atoms with Gasteiger partial charge in [0.2, 0.25) is 5.89 Å². The summed E-state index contributed by atoms with van der Waals surface area (Å²) in [5.74, 6) is 2.53. The van der Waals surface area contributed by atoms with Gasteiger partial charge in [-0.3, -0.25) is 4.90 Å². The van der Waals surface area contributed by atoms with Crippen molar-refractivity contribution >= 4 is 17.3 Å². The number of aliphatic imine (C=N–C) groups is 1. The normalized spacial score (nSPS) is 21.7. The molecule has 1 aliphatic heterocycles. The van der Waals surface area contributed by atoms with Crippen molar-refractivity contribution in [2.75, 3.05) is 26.7 Å². The van der Waals surface area contributed by atoms with Gasteiger partial charge in [-0.1, -0.05) is 11.2 Å². The Bertz CT molecular complexity index is 698. The molecule has 8 heteroatoms. The number of thiophene rings is 1. The smallest absolute Gasteiger partial charge is 0.223 e. The fourth-order valence-corrected chi connectivity index (χ4v) is 4.49. The molecule has 2 unspecified atom stereocenters. The van der Waals surface area contributed by atoms with Crippen molar-refractivity contribution in [1.82, 2.24) is 25.7 Å². The Labute approximate surface area is 158 Å². The lowest BCUT2D eigenvalue weighted by Crippen LogP contribution is -2.44. The van der Waals surface area contributed by atoms with E-state index in [9.17, 15) is 0 Å². The molecule has 3 heterocycles. The predicted octanol–water partition coefficient (Wildman–Crippen LogP) is 2.58. The summed E-state index contributed by atoms with van der Waals surface area (Å²) in [6.07, 6.45) is 2.46. The van der Waals surface area contributed by atoms with Crippen LogP contribution in [0.4, 0.5) is 0 Å². The molecule has 0 bridgehead atoms. The zero-order valence-corrected chi connectivity index (χ0v) is 16.6. The van der Waals surface area contributed by atoms with Crippen LogP contribution in [0.5, 0.6) is 0 Å². The van der Waals surface area contributed by atoms with E-state index in [4.69, 9.17) is 4.52 Å². The average molecular weight is 377 g/mol. The van der Waals surface area contributed by atoms with Crippen molar-refractivity contribution in [2.45, 2.75) is 39.3 Å². The second kappa shape index (κ2) is 9.14. The second-order valence-electron chi connectivity index (χ2n) is 6.65. The molecule has 1 aliphatic rings. The van der Waals surface area contributed by atoms with Crippen LogP contribution in [0.3, 0.4) is 0 Å². The first-order chi connectivity index (χ1) is 12.7. The summed E-state index contributed by atoms with van der Waals surface area (Å²) in [5, 5.41) is 12.9. The van der Waals surface area contributed by atoms with E-state index < -0.39 is 0 Å². The number of guanidine groups is 1. The first-order valence-corrected chi connectivity index (χ1v) is 10.1. The van der Waals surface area contributed by atoms with Crippen molar-refractivity contribution in [3.05, 3.63) is 34.1 Å². The highest BCUT2D eigenvalue weighted by atomic mass is 32.1. The summed E-state index contributed by atoms with van der Waals surface area (Å²) < 4.78 is 5.00. The van der Waals surface area contributed by atoms with Gasteiger partial charge in [0.15, 0.2) is 11.8 Å². The molecule has 0 aliphatic carbocycles. The topological polar surface area (TPSA) is 78.6 Å². The number of aryl methyl sites for hydroxylation is 1. The number of rotatable bonds is 6. The summed E-state index contributed by atoms with van der Waals surface area (Å²) in [5.41, 5.74) is 0. The van der Waals surface area contributed by atoms with Crippen molar-refractivity contribution in [2.24, 2.45) is 10.9 Å². The van der Waals surface area contributed by atoms with Gasteiger partial charge < -0.3 is 15.2 Å². The Kier molecular flexibility index (Phi) is 6.62. The Hall–Kier alpha value is -1.93. The molecule has 2 N–H and O–H groups in total. The number of nitrogens with one attached hydrogen (secondary N) is 2. The monoisotopic (exact) mass is 376 g/mol. The fourth-order valence-electron chi connectivity index (χ4n) is 3.51. The van der Waals surface area contributed by atoms with E-state index in [1.165, 1.54) is 17.7 Å². The molecule has 1 saturated heterocycles. The zero-order chi connectivity index (χ0) is 18.4. The number of piperidine rings is 1. The summed E-state index contributed by atoms with van der Waals surface area (Å²) in [4.78, 5) is 12.7. The highest BCUT2D eigenvalue weighted by molar-refractivity contribution is 7.10. The third kappa shape index (κ3) is 4.82. The molecule has 0 amide bonds. The van der Waals surface area contributed by atoms with Crippen LogP contribution in [0.2, 0.25) is 0 Å². The number of likely N-dealkylation sites (tertiary alicyclic amines) is 1. The van der Waals surface area contributed by atoms with Crippen LogP contribution in [-0.2, 0) is 6.54 Å². The zero-order valence-electron chi connectivity index (χ0n) is 15.7. The predicted molar refractivity (Wildman–Crippen MR) is 104 cm³/mol. The van der Waals surface area contributed by atoms with Gasteiger partial charge in [0.25, 0.3) is 0 Å². The molecule has 0 saturated carbocycles. The van der Waals surface area contributed by atoms with Gasteiger partial charge in [0, 0.05) is 30.9 Å². The molecular weight excluding hydrogens is 348 g/mol. The first-order valence-electron chi connectivity index (χ1n) is 9.22. The fraction of sp³-hybridized carbons (Fsp3) is 0.611. The number of nitrogens with zero attached hydrogens (tertiary/aromatic N) is 4. The van der Waals surface area contributed by atoms with Crippen molar-refractivity contribution in [3.8, 4) is 0 Å². The molecule has 0 spiro atoms. The standard InChI is InChI=1S/C18H28N6OS/c1-4-19-18(21-12-16-22-13(2)25-23-16)20-11-14-7-5-9-24(3)17(14)15-8-6-10-26-15/h6,8,10,14,17H,4-5,7,9,11-12H2,1-3H3,(H2,19,20,21). The van der Waals surface area contributed by atoms with Gasteiger partial charge in [-0.2, -0.15) is 4.98 Å². The van der Waals surface area contributed by atoms with E-state index in [0.29, 0.717) is 30.2 Å². The first kappa shape index (κ1) is 18.8. The third-order valence-corrected chi connectivity index (χ3v) is 5.61. The third-order valence-electron chi connectivity index (χ3n) is 4.67. The summed E-state index contributed by atoms with van der Waals surface area (Å²) in [6, 6.07) is 4.87. The van der Waals surface area contributed by atoms with Gasteiger partial charge in [-0.05, 0) is 50.7 Å². The second-order valence-corrected chi connectivity index (χ2v) is 7.63. The summed E-state index contributed by atoms with van der Waals surface area (Å²) in [7, 11) is 2.23. The molecule has 2 aromatic heterocycles. The minimum Gasteiger partial charge on any atom is -0.357 e. The van der Waals surface area contributed by atoms with Gasteiger partial charge in [-0.25, -0.2) is 4.99 Å². The maximum absolute atomic E-state index is 5.00. The van der Waals surface area contributed by atoms with Crippen LogP contribution in [0, 0.1) is 12.8 Å². The largest absolute Gasteiger partial charge is 0.357 e. The van der Waals surface area contributed by atoms with Gasteiger partial charge in [0.05, 0.1) is 0 Å². The van der Waals surface area contributed by atoms with Gasteiger partial charge >= 0.3 is 0 Å². The molecule has 26 heavy (non-hydrogen) atoms. The van der Waals surface area contributed by atoms with Crippen LogP contribution >= 0.6 is 11.3 Å². The van der Waals surface area contributed by atoms with Crippen LogP contribution < -0.4 is 10.6 Å².